The van der Waals surface area contributed by atoms with Crippen molar-refractivity contribution in [3.05, 3.63) is 47.0 Å². The van der Waals surface area contributed by atoms with E-state index < -0.39 is 11.7 Å². The molecule has 3 heterocycles. The van der Waals surface area contributed by atoms with Crippen LogP contribution in [0.3, 0.4) is 0 Å². The minimum atomic E-state index is -0.568. The van der Waals surface area contributed by atoms with Crippen molar-refractivity contribution in [2.24, 2.45) is 0 Å². The molecule has 126 valence electrons. The predicted octanol–water partition coefficient (Wildman–Crippen LogP) is 3.75. The Hall–Kier alpha value is -2.63. The van der Waals surface area contributed by atoms with Crippen LogP contribution in [0.1, 0.15) is 43.4 Å². The summed E-state index contributed by atoms with van der Waals surface area (Å²) in [6, 6.07) is 5.79. The van der Waals surface area contributed by atoms with E-state index in [2.05, 4.69) is 15.2 Å². The Morgan fingerprint density at radius 2 is 2.08 bits per heavy atom. The van der Waals surface area contributed by atoms with Crippen LogP contribution in [0.15, 0.2) is 24.4 Å². The summed E-state index contributed by atoms with van der Waals surface area (Å²) in [4.78, 5) is 17.1. The topological polar surface area (TPSA) is 72.8 Å². The highest BCUT2D eigenvalue weighted by Crippen LogP contribution is 2.24. The van der Waals surface area contributed by atoms with E-state index in [-0.39, 0.29) is 0 Å². The molecule has 0 saturated carbocycles. The largest absolute Gasteiger partial charge is 0.443 e. The van der Waals surface area contributed by atoms with Crippen molar-refractivity contribution in [2.45, 2.75) is 46.6 Å². The molecule has 0 fully saturated rings. The Labute approximate surface area is 140 Å². The molecule has 0 amide bonds. The van der Waals surface area contributed by atoms with E-state index in [1.807, 2.05) is 52.8 Å². The maximum atomic E-state index is 12.7. The smallest absolute Gasteiger partial charge is 0.420 e. The number of carbonyl (C=O) groups is 1. The number of nitrogens with one attached hydrogen (secondary N) is 1. The molecule has 3 rings (SSSR count). The van der Waals surface area contributed by atoms with Crippen molar-refractivity contribution in [1.29, 1.82) is 0 Å². The molecule has 0 aliphatic rings. The van der Waals surface area contributed by atoms with Gasteiger partial charge in [-0.2, -0.15) is 5.10 Å². The molecule has 6 nitrogen and oxygen atoms in total. The molecule has 6 heteroatoms. The van der Waals surface area contributed by atoms with Gasteiger partial charge in [0.25, 0.3) is 0 Å². The number of hydrogen-bond donors (Lipinski definition) is 1. The number of aryl methyl sites for hydroxylation is 2. The van der Waals surface area contributed by atoms with E-state index in [4.69, 9.17) is 4.74 Å². The van der Waals surface area contributed by atoms with Gasteiger partial charge in [-0.05, 0) is 52.8 Å². The zero-order chi connectivity index (χ0) is 17.5. The lowest BCUT2D eigenvalue weighted by molar-refractivity contribution is 0.0540. The van der Waals surface area contributed by atoms with Gasteiger partial charge >= 0.3 is 6.09 Å². The van der Waals surface area contributed by atoms with Gasteiger partial charge in [0, 0.05) is 35.0 Å². The van der Waals surface area contributed by atoms with Crippen molar-refractivity contribution in [3.63, 3.8) is 0 Å². The molecule has 3 aromatic rings. The van der Waals surface area contributed by atoms with Crippen molar-refractivity contribution in [2.75, 3.05) is 0 Å². The number of hydrogen-bond acceptors (Lipinski definition) is 4. The van der Waals surface area contributed by atoms with Gasteiger partial charge in [0.05, 0.1) is 5.69 Å². The lowest BCUT2D eigenvalue weighted by atomic mass is 10.1. The minimum absolute atomic E-state index is 0.412. The molecule has 0 saturated heterocycles. The molecule has 1 N–H and O–H groups in total. The van der Waals surface area contributed by atoms with E-state index >= 15 is 0 Å². The van der Waals surface area contributed by atoms with Gasteiger partial charge in [-0.3, -0.25) is 5.10 Å². The first-order valence-electron chi connectivity index (χ1n) is 7.95. The zero-order valence-corrected chi connectivity index (χ0v) is 14.7. The van der Waals surface area contributed by atoms with Crippen LogP contribution in [0.5, 0.6) is 0 Å². The molecule has 0 aliphatic heterocycles. The third-order valence-corrected chi connectivity index (χ3v) is 3.85. The lowest BCUT2D eigenvalue weighted by Gasteiger charge is -2.20. The summed E-state index contributed by atoms with van der Waals surface area (Å²) >= 11 is 0. The Kier molecular flexibility index (Phi) is 3.91. The van der Waals surface area contributed by atoms with Gasteiger partial charge in [-0.1, -0.05) is 0 Å². The third kappa shape index (κ3) is 3.04. The second kappa shape index (κ2) is 5.78. The normalized spacial score (nSPS) is 11.9. The van der Waals surface area contributed by atoms with Gasteiger partial charge in [-0.25, -0.2) is 14.3 Å². The number of aromatic amines is 1. The first-order chi connectivity index (χ1) is 11.3. The Morgan fingerprint density at radius 3 is 2.71 bits per heavy atom. The number of aromatic nitrogens is 4. The van der Waals surface area contributed by atoms with E-state index in [0.717, 1.165) is 28.0 Å². The van der Waals surface area contributed by atoms with E-state index in [1.54, 1.807) is 10.8 Å². The summed E-state index contributed by atoms with van der Waals surface area (Å²) in [6.07, 6.45) is 1.86. The van der Waals surface area contributed by atoms with E-state index in [1.165, 1.54) is 0 Å². The standard InChI is InChI=1S/C18H22N4O2/c1-11-15(12(2)21-20-11)10-14-9-13-7-6-8-19-16(13)22(14)17(23)24-18(3,4)5/h6-9H,10H2,1-5H3,(H,20,21). The monoisotopic (exact) mass is 326 g/mol. The first-order valence-corrected chi connectivity index (χ1v) is 7.95. The fourth-order valence-electron chi connectivity index (χ4n) is 2.75. The summed E-state index contributed by atoms with van der Waals surface area (Å²) in [5.41, 5.74) is 3.90. The van der Waals surface area contributed by atoms with Crippen LogP contribution >= 0.6 is 0 Å². The SMILES string of the molecule is Cc1n[nH]c(C)c1Cc1cc2cccnc2n1C(=O)OC(C)(C)C. The summed E-state index contributed by atoms with van der Waals surface area (Å²) in [5.74, 6) is 0. The van der Waals surface area contributed by atoms with Gasteiger partial charge in [-0.15, -0.1) is 0 Å². The lowest BCUT2D eigenvalue weighted by Crippen LogP contribution is -2.28. The van der Waals surface area contributed by atoms with E-state index in [9.17, 15) is 4.79 Å². The summed E-state index contributed by atoms with van der Waals surface area (Å²) in [7, 11) is 0. The molecule has 24 heavy (non-hydrogen) atoms. The number of fused-ring (bicyclic) bond motifs is 1. The fraction of sp³-hybridized carbons (Fsp3) is 0.389. The van der Waals surface area contributed by atoms with Crippen LogP contribution < -0.4 is 0 Å². The average molecular weight is 326 g/mol. The Morgan fingerprint density at radius 1 is 1.33 bits per heavy atom. The first kappa shape index (κ1) is 16.2. The Bertz CT molecular complexity index is 880. The van der Waals surface area contributed by atoms with E-state index in [0.29, 0.717) is 12.1 Å². The molecule has 0 radical (unpaired) electrons. The van der Waals surface area contributed by atoms with Crippen molar-refractivity contribution < 1.29 is 9.53 Å². The maximum absolute atomic E-state index is 12.7. The average Bonchev–Trinajstić information content (AvgIpc) is 3.00. The fourth-order valence-corrected chi connectivity index (χ4v) is 2.75. The van der Waals surface area contributed by atoms with Crippen LogP contribution in [0.2, 0.25) is 0 Å². The number of ether oxygens (including phenoxy) is 1. The van der Waals surface area contributed by atoms with Gasteiger partial charge in [0.15, 0.2) is 0 Å². The second-order valence-electron chi connectivity index (χ2n) is 6.96. The predicted molar refractivity (Wildman–Crippen MR) is 92.2 cm³/mol. The van der Waals surface area contributed by atoms with Crippen molar-refractivity contribution >= 4 is 17.1 Å². The molecular formula is C18H22N4O2. The molecular weight excluding hydrogens is 304 g/mol. The molecule has 0 bridgehead atoms. The van der Waals surface area contributed by atoms with Crippen LogP contribution in [0, 0.1) is 13.8 Å². The van der Waals surface area contributed by atoms with Crippen molar-refractivity contribution in [3.8, 4) is 0 Å². The van der Waals surface area contributed by atoms with Crippen LogP contribution in [0.25, 0.3) is 11.0 Å². The van der Waals surface area contributed by atoms with Crippen molar-refractivity contribution in [1.82, 2.24) is 19.7 Å². The molecule has 0 aliphatic carbocycles. The molecule has 0 atom stereocenters. The molecule has 0 aromatic carbocycles. The third-order valence-electron chi connectivity index (χ3n) is 3.85. The highest BCUT2D eigenvalue weighted by molar-refractivity contribution is 5.88. The molecule has 0 unspecified atom stereocenters. The summed E-state index contributed by atoms with van der Waals surface area (Å²) in [5, 5.41) is 8.13. The summed E-state index contributed by atoms with van der Waals surface area (Å²) < 4.78 is 7.13. The van der Waals surface area contributed by atoms with Crippen LogP contribution in [0.4, 0.5) is 4.79 Å². The number of nitrogens with zero attached hydrogens (tertiary/aromatic N) is 3. The molecule has 0 spiro atoms. The Balaban J connectivity index is 2.10. The minimum Gasteiger partial charge on any atom is -0.443 e. The van der Waals surface area contributed by atoms with Crippen LogP contribution in [-0.2, 0) is 11.2 Å². The number of H-pyrrole nitrogens is 1. The second-order valence-corrected chi connectivity index (χ2v) is 6.96. The highest BCUT2D eigenvalue weighted by atomic mass is 16.6. The maximum Gasteiger partial charge on any atom is 0.420 e. The van der Waals surface area contributed by atoms with Gasteiger partial charge in [0.2, 0.25) is 0 Å². The van der Waals surface area contributed by atoms with Crippen LogP contribution in [-0.4, -0.2) is 31.4 Å². The zero-order valence-electron chi connectivity index (χ0n) is 14.7. The summed E-state index contributed by atoms with van der Waals surface area (Å²) in [6.45, 7) is 9.50. The number of carbonyl (C=O) groups excluding carboxylic acids is 1. The number of rotatable bonds is 2. The molecule has 3 aromatic heterocycles. The highest BCUT2D eigenvalue weighted by Gasteiger charge is 2.23. The quantitative estimate of drug-likeness (QED) is 0.778. The van der Waals surface area contributed by atoms with Gasteiger partial charge < -0.3 is 4.74 Å². The number of pyridine rings is 1. The van der Waals surface area contributed by atoms with Gasteiger partial charge in [0.1, 0.15) is 11.2 Å².